The molecule has 22 heavy (non-hydrogen) atoms. The first-order valence-electron chi connectivity index (χ1n) is 6.67. The third kappa shape index (κ3) is 4.91. The predicted octanol–water partition coefficient (Wildman–Crippen LogP) is 2.91. The van der Waals surface area contributed by atoms with E-state index in [9.17, 15) is 4.79 Å². The normalized spacial score (nSPS) is 12.1. The largest absolute Gasteiger partial charge is 0.383 e. The van der Waals surface area contributed by atoms with Gasteiger partial charge in [-0.15, -0.1) is 5.10 Å². The van der Waals surface area contributed by atoms with Crippen LogP contribution in [0.3, 0.4) is 0 Å². The van der Waals surface area contributed by atoms with Crippen molar-refractivity contribution >= 4 is 41.2 Å². The summed E-state index contributed by atoms with van der Waals surface area (Å²) in [6, 6.07) is 9.72. The standard InChI is InChI=1S/C14H17N3O2S3/c1-10(8-19-2)15-12(18)9-21-13-16-17(14(20)22-13)11-6-4-3-5-7-11/h3-7,10H,8-9H2,1-2H3,(H,15,18). The Hall–Kier alpha value is -1.22. The molecular formula is C14H17N3O2S3. The molecule has 1 atom stereocenters. The van der Waals surface area contributed by atoms with Crippen molar-refractivity contribution in [3.8, 4) is 5.69 Å². The van der Waals surface area contributed by atoms with Crippen LogP contribution < -0.4 is 5.32 Å². The van der Waals surface area contributed by atoms with Crippen LogP contribution in [0.1, 0.15) is 6.92 Å². The van der Waals surface area contributed by atoms with Gasteiger partial charge in [0.25, 0.3) is 0 Å². The second-order valence-electron chi connectivity index (χ2n) is 4.59. The molecule has 0 aliphatic rings. The van der Waals surface area contributed by atoms with E-state index >= 15 is 0 Å². The number of methoxy groups -OCH3 is 1. The first kappa shape index (κ1) is 17.1. The van der Waals surface area contributed by atoms with E-state index in [1.807, 2.05) is 37.3 Å². The molecule has 0 saturated carbocycles. The molecule has 2 rings (SSSR count). The van der Waals surface area contributed by atoms with Crippen molar-refractivity contribution in [1.82, 2.24) is 15.1 Å². The third-order valence-electron chi connectivity index (χ3n) is 2.68. The van der Waals surface area contributed by atoms with Crippen LogP contribution in [0.5, 0.6) is 0 Å². The van der Waals surface area contributed by atoms with Gasteiger partial charge in [0.05, 0.1) is 18.0 Å². The summed E-state index contributed by atoms with van der Waals surface area (Å²) in [5.41, 5.74) is 0.925. The molecule has 1 aromatic carbocycles. The fourth-order valence-corrected chi connectivity index (χ4v) is 3.96. The number of benzene rings is 1. The lowest BCUT2D eigenvalue weighted by Gasteiger charge is -2.11. The molecule has 1 amide bonds. The Morgan fingerprint density at radius 2 is 2.23 bits per heavy atom. The molecule has 1 heterocycles. The van der Waals surface area contributed by atoms with Crippen LogP contribution in [0.25, 0.3) is 5.69 Å². The van der Waals surface area contributed by atoms with E-state index in [0.29, 0.717) is 16.3 Å². The van der Waals surface area contributed by atoms with Crippen LogP contribution in [-0.2, 0) is 9.53 Å². The summed E-state index contributed by atoms with van der Waals surface area (Å²) in [4.78, 5) is 11.8. The first-order chi connectivity index (χ1) is 10.6. The fourth-order valence-electron chi connectivity index (χ4n) is 1.79. The van der Waals surface area contributed by atoms with Crippen molar-refractivity contribution in [3.05, 3.63) is 34.3 Å². The second kappa shape index (κ2) is 8.42. The predicted molar refractivity (Wildman–Crippen MR) is 92.5 cm³/mol. The van der Waals surface area contributed by atoms with Crippen molar-refractivity contribution < 1.29 is 9.53 Å². The lowest BCUT2D eigenvalue weighted by Crippen LogP contribution is -2.36. The average molecular weight is 356 g/mol. The molecule has 0 spiro atoms. The van der Waals surface area contributed by atoms with Crippen LogP contribution in [-0.4, -0.2) is 41.2 Å². The zero-order valence-corrected chi connectivity index (χ0v) is 14.8. The number of hydrogen-bond donors (Lipinski definition) is 1. The first-order valence-corrected chi connectivity index (χ1v) is 8.88. The van der Waals surface area contributed by atoms with Gasteiger partial charge in [0.2, 0.25) is 5.91 Å². The topological polar surface area (TPSA) is 56.1 Å². The van der Waals surface area contributed by atoms with Gasteiger partial charge in [-0.05, 0) is 31.3 Å². The van der Waals surface area contributed by atoms with Crippen molar-refractivity contribution in [2.75, 3.05) is 19.5 Å². The number of carbonyl (C=O) groups excluding carboxylic acids is 1. The van der Waals surface area contributed by atoms with Gasteiger partial charge in [-0.25, -0.2) is 4.68 Å². The van der Waals surface area contributed by atoms with Gasteiger partial charge >= 0.3 is 0 Å². The van der Waals surface area contributed by atoms with Crippen LogP contribution >= 0.6 is 35.3 Å². The number of carbonyl (C=O) groups is 1. The van der Waals surface area contributed by atoms with Gasteiger partial charge in [-0.1, -0.05) is 41.3 Å². The Bertz CT molecular complexity index is 669. The van der Waals surface area contributed by atoms with E-state index in [2.05, 4.69) is 10.4 Å². The maximum Gasteiger partial charge on any atom is 0.230 e. The zero-order valence-electron chi connectivity index (χ0n) is 12.3. The molecular weight excluding hydrogens is 338 g/mol. The molecule has 0 aliphatic carbocycles. The molecule has 0 saturated heterocycles. The van der Waals surface area contributed by atoms with Gasteiger partial charge < -0.3 is 10.1 Å². The molecule has 0 aliphatic heterocycles. The summed E-state index contributed by atoms with van der Waals surface area (Å²) in [7, 11) is 1.61. The average Bonchev–Trinajstić information content (AvgIpc) is 2.87. The lowest BCUT2D eigenvalue weighted by atomic mass is 10.3. The highest BCUT2D eigenvalue weighted by molar-refractivity contribution is 8.01. The highest BCUT2D eigenvalue weighted by Gasteiger charge is 2.11. The number of para-hydroxylation sites is 1. The lowest BCUT2D eigenvalue weighted by molar-refractivity contribution is -0.119. The minimum absolute atomic E-state index is 0.00170. The molecule has 0 radical (unpaired) electrons. The molecule has 2 aromatic rings. The molecule has 8 heteroatoms. The van der Waals surface area contributed by atoms with Gasteiger partial charge in [0.1, 0.15) is 0 Å². The minimum Gasteiger partial charge on any atom is -0.383 e. The fraction of sp³-hybridized carbons (Fsp3) is 0.357. The number of thioether (sulfide) groups is 1. The number of hydrogen-bond acceptors (Lipinski definition) is 6. The smallest absolute Gasteiger partial charge is 0.230 e. The Morgan fingerprint density at radius 3 is 2.91 bits per heavy atom. The van der Waals surface area contributed by atoms with Crippen molar-refractivity contribution in [2.45, 2.75) is 17.3 Å². The minimum atomic E-state index is -0.0399. The quantitative estimate of drug-likeness (QED) is 0.611. The molecule has 1 N–H and O–H groups in total. The van der Waals surface area contributed by atoms with Crippen molar-refractivity contribution in [2.24, 2.45) is 0 Å². The number of amides is 1. The Kier molecular flexibility index (Phi) is 6.56. The van der Waals surface area contributed by atoms with Crippen LogP contribution in [0.15, 0.2) is 34.7 Å². The Morgan fingerprint density at radius 1 is 1.50 bits per heavy atom. The Labute approximate surface area is 142 Å². The maximum atomic E-state index is 11.8. The molecule has 0 bridgehead atoms. The number of ether oxygens (including phenoxy) is 1. The highest BCUT2D eigenvalue weighted by Crippen LogP contribution is 2.23. The summed E-state index contributed by atoms with van der Waals surface area (Å²) < 4.78 is 8.15. The molecule has 1 unspecified atom stereocenters. The number of rotatable bonds is 7. The Balaban J connectivity index is 1.95. The van der Waals surface area contributed by atoms with Gasteiger partial charge in [0, 0.05) is 13.2 Å². The summed E-state index contributed by atoms with van der Waals surface area (Å²) in [6.45, 7) is 2.40. The van der Waals surface area contributed by atoms with Gasteiger partial charge in [-0.3, -0.25) is 4.79 Å². The molecule has 1 aromatic heterocycles. The van der Waals surface area contributed by atoms with E-state index in [1.54, 1.807) is 11.8 Å². The monoisotopic (exact) mass is 355 g/mol. The van der Waals surface area contributed by atoms with Gasteiger partial charge in [0.15, 0.2) is 8.29 Å². The van der Waals surface area contributed by atoms with Crippen LogP contribution in [0, 0.1) is 3.95 Å². The summed E-state index contributed by atoms with van der Waals surface area (Å²) in [5, 5.41) is 7.32. The summed E-state index contributed by atoms with van der Waals surface area (Å²) >= 11 is 8.12. The SMILES string of the molecule is COCC(C)NC(=O)CSc1nn(-c2ccccc2)c(=S)s1. The van der Waals surface area contributed by atoms with Crippen LogP contribution in [0.2, 0.25) is 0 Å². The van der Waals surface area contributed by atoms with E-state index in [-0.39, 0.29) is 11.9 Å². The number of nitrogens with zero attached hydrogens (tertiary/aromatic N) is 2. The molecule has 118 valence electrons. The molecule has 5 nitrogen and oxygen atoms in total. The second-order valence-corrected chi connectivity index (χ2v) is 7.44. The van der Waals surface area contributed by atoms with Crippen LogP contribution in [0.4, 0.5) is 0 Å². The van der Waals surface area contributed by atoms with E-state index < -0.39 is 0 Å². The third-order valence-corrected chi connectivity index (χ3v) is 5.05. The summed E-state index contributed by atoms with van der Waals surface area (Å²) in [6.07, 6.45) is 0. The summed E-state index contributed by atoms with van der Waals surface area (Å²) in [5.74, 6) is 0.271. The van der Waals surface area contributed by atoms with E-state index in [1.165, 1.54) is 23.1 Å². The van der Waals surface area contributed by atoms with Gasteiger partial charge in [-0.2, -0.15) is 0 Å². The molecule has 0 fully saturated rings. The number of nitrogens with one attached hydrogen (secondary N) is 1. The zero-order chi connectivity index (χ0) is 15.9. The van der Waals surface area contributed by atoms with E-state index in [0.717, 1.165) is 10.0 Å². The van der Waals surface area contributed by atoms with E-state index in [4.69, 9.17) is 17.0 Å². The maximum absolute atomic E-state index is 11.8. The number of aromatic nitrogens is 2. The van der Waals surface area contributed by atoms with Crippen molar-refractivity contribution in [1.29, 1.82) is 0 Å². The highest BCUT2D eigenvalue weighted by atomic mass is 32.2. The van der Waals surface area contributed by atoms with Crippen molar-refractivity contribution in [3.63, 3.8) is 0 Å².